The molecular weight excluding hydrogens is 270 g/mol. The van der Waals surface area contributed by atoms with E-state index >= 15 is 0 Å². The van der Waals surface area contributed by atoms with Crippen LogP contribution in [0.25, 0.3) is 0 Å². The van der Waals surface area contributed by atoms with Crippen LogP contribution in [0.1, 0.15) is 36.5 Å². The molecule has 0 aliphatic heterocycles. The summed E-state index contributed by atoms with van der Waals surface area (Å²) in [5, 5.41) is 0.576. The molecule has 2 aromatic rings. The van der Waals surface area contributed by atoms with Gasteiger partial charge < -0.3 is 10.5 Å². The number of rotatable bonds is 4. The highest BCUT2D eigenvalue weighted by Crippen LogP contribution is 2.26. The van der Waals surface area contributed by atoms with Gasteiger partial charge in [0.25, 0.3) is 0 Å². The van der Waals surface area contributed by atoms with E-state index < -0.39 is 0 Å². The van der Waals surface area contributed by atoms with Gasteiger partial charge in [-0.1, -0.05) is 43.6 Å². The second kappa shape index (κ2) is 6.19. The fourth-order valence-electron chi connectivity index (χ4n) is 1.98. The van der Waals surface area contributed by atoms with Crippen molar-refractivity contribution >= 4 is 17.3 Å². The molecule has 0 amide bonds. The molecule has 2 rings (SSSR count). The molecule has 3 heteroatoms. The Morgan fingerprint density at radius 2 is 1.90 bits per heavy atom. The monoisotopic (exact) mass is 289 g/mol. The van der Waals surface area contributed by atoms with Crippen LogP contribution in [0.2, 0.25) is 5.02 Å². The zero-order valence-corrected chi connectivity index (χ0v) is 12.9. The van der Waals surface area contributed by atoms with Gasteiger partial charge in [-0.25, -0.2) is 0 Å². The minimum atomic E-state index is 0.490. The van der Waals surface area contributed by atoms with Gasteiger partial charge in [0.2, 0.25) is 0 Å². The van der Waals surface area contributed by atoms with Crippen LogP contribution in [0.3, 0.4) is 0 Å². The van der Waals surface area contributed by atoms with Gasteiger partial charge in [0, 0.05) is 0 Å². The number of aryl methyl sites for hydroxylation is 1. The third-order valence-corrected chi connectivity index (χ3v) is 3.68. The summed E-state index contributed by atoms with van der Waals surface area (Å²) < 4.78 is 5.91. The smallest absolute Gasteiger partial charge is 0.122 e. The van der Waals surface area contributed by atoms with Crippen LogP contribution in [-0.4, -0.2) is 0 Å². The highest BCUT2D eigenvalue weighted by Gasteiger charge is 2.06. The van der Waals surface area contributed by atoms with Crippen molar-refractivity contribution in [2.75, 3.05) is 5.73 Å². The van der Waals surface area contributed by atoms with Crippen molar-refractivity contribution in [2.24, 2.45) is 0 Å². The maximum absolute atomic E-state index is 5.91. The maximum atomic E-state index is 5.91. The Labute approximate surface area is 125 Å². The maximum Gasteiger partial charge on any atom is 0.122 e. The largest absolute Gasteiger partial charge is 0.489 e. The lowest BCUT2D eigenvalue weighted by Crippen LogP contribution is -1.99. The number of ether oxygens (including phenoxy) is 1. The third-order valence-electron chi connectivity index (χ3n) is 3.33. The van der Waals surface area contributed by atoms with E-state index in [4.69, 9.17) is 22.1 Å². The zero-order chi connectivity index (χ0) is 14.7. The van der Waals surface area contributed by atoms with Gasteiger partial charge in [-0.2, -0.15) is 0 Å². The molecule has 0 aliphatic carbocycles. The Balaban J connectivity index is 2.13. The summed E-state index contributed by atoms with van der Waals surface area (Å²) >= 11 is 5.91. The Morgan fingerprint density at radius 3 is 2.55 bits per heavy atom. The lowest BCUT2D eigenvalue weighted by atomic mass is 10.0. The average Bonchev–Trinajstić information content (AvgIpc) is 2.41. The first-order chi connectivity index (χ1) is 9.47. The van der Waals surface area contributed by atoms with E-state index in [-0.39, 0.29) is 0 Å². The molecule has 0 heterocycles. The molecule has 20 heavy (non-hydrogen) atoms. The number of halogens is 1. The van der Waals surface area contributed by atoms with Gasteiger partial charge in [-0.05, 0) is 47.7 Å². The first-order valence-corrected chi connectivity index (χ1v) is 7.12. The first-order valence-electron chi connectivity index (χ1n) is 6.74. The zero-order valence-electron chi connectivity index (χ0n) is 12.1. The van der Waals surface area contributed by atoms with Crippen molar-refractivity contribution in [3.8, 4) is 5.75 Å². The van der Waals surface area contributed by atoms with Gasteiger partial charge in [0.05, 0.1) is 10.7 Å². The fraction of sp³-hybridized carbons (Fsp3) is 0.294. The predicted molar refractivity (Wildman–Crippen MR) is 85.5 cm³/mol. The first kappa shape index (κ1) is 14.7. The number of nitrogen functional groups attached to an aromatic ring is 1. The summed E-state index contributed by atoms with van der Waals surface area (Å²) in [5.41, 5.74) is 9.81. The summed E-state index contributed by atoms with van der Waals surface area (Å²) in [7, 11) is 0. The number of hydrogen-bond acceptors (Lipinski definition) is 2. The van der Waals surface area contributed by atoms with Crippen molar-refractivity contribution < 1.29 is 4.74 Å². The summed E-state index contributed by atoms with van der Waals surface area (Å²) in [5.74, 6) is 1.41. The molecule has 0 radical (unpaired) electrons. The van der Waals surface area contributed by atoms with Gasteiger partial charge in [-0.3, -0.25) is 0 Å². The van der Waals surface area contributed by atoms with Crippen LogP contribution in [0.4, 0.5) is 5.69 Å². The molecule has 0 atom stereocenters. The average molecular weight is 290 g/mol. The van der Waals surface area contributed by atoms with E-state index in [0.29, 0.717) is 23.2 Å². The molecule has 0 spiro atoms. The van der Waals surface area contributed by atoms with E-state index in [2.05, 4.69) is 39.0 Å². The number of nitrogens with two attached hydrogens (primary N) is 1. The number of anilines is 1. The second-order valence-electron chi connectivity index (χ2n) is 5.32. The fourth-order valence-corrected chi connectivity index (χ4v) is 2.09. The van der Waals surface area contributed by atoms with Gasteiger partial charge >= 0.3 is 0 Å². The second-order valence-corrected chi connectivity index (χ2v) is 5.73. The molecule has 0 aromatic heterocycles. The van der Waals surface area contributed by atoms with Crippen LogP contribution in [0.5, 0.6) is 5.75 Å². The molecule has 0 unspecified atom stereocenters. The number of benzene rings is 2. The van der Waals surface area contributed by atoms with E-state index in [1.165, 1.54) is 5.56 Å². The lowest BCUT2D eigenvalue weighted by molar-refractivity contribution is 0.303. The SMILES string of the molecule is Cc1ccc(C(C)C)cc1OCc1ccc(Cl)c(N)c1. The van der Waals surface area contributed by atoms with E-state index in [1.807, 2.05) is 12.1 Å². The Morgan fingerprint density at radius 1 is 1.15 bits per heavy atom. The van der Waals surface area contributed by atoms with Crippen molar-refractivity contribution in [1.82, 2.24) is 0 Å². The van der Waals surface area contributed by atoms with Gasteiger partial charge in [-0.15, -0.1) is 0 Å². The Bertz CT molecular complexity index is 608. The van der Waals surface area contributed by atoms with E-state index in [9.17, 15) is 0 Å². The molecule has 2 aromatic carbocycles. The van der Waals surface area contributed by atoms with Crippen molar-refractivity contribution in [1.29, 1.82) is 0 Å². The van der Waals surface area contributed by atoms with Crippen LogP contribution in [0, 0.1) is 6.92 Å². The molecule has 0 saturated carbocycles. The summed E-state index contributed by atoms with van der Waals surface area (Å²) in [6.45, 7) is 6.89. The molecule has 0 saturated heterocycles. The molecule has 0 fully saturated rings. The van der Waals surface area contributed by atoms with E-state index in [0.717, 1.165) is 16.9 Å². The van der Waals surface area contributed by atoms with Crippen molar-refractivity contribution in [3.05, 3.63) is 58.1 Å². The highest BCUT2D eigenvalue weighted by molar-refractivity contribution is 6.33. The standard InChI is InChI=1S/C17H20ClNO/c1-11(2)14-6-4-12(3)17(9-14)20-10-13-5-7-15(18)16(19)8-13/h4-9,11H,10,19H2,1-3H3. The minimum Gasteiger partial charge on any atom is -0.489 e. The summed E-state index contributed by atoms with van der Waals surface area (Å²) in [6.07, 6.45) is 0. The topological polar surface area (TPSA) is 35.2 Å². The van der Waals surface area contributed by atoms with Gasteiger partial charge in [0.15, 0.2) is 0 Å². The quantitative estimate of drug-likeness (QED) is 0.810. The normalized spacial score (nSPS) is 10.8. The molecule has 2 N–H and O–H groups in total. The molecule has 106 valence electrons. The lowest BCUT2D eigenvalue weighted by Gasteiger charge is -2.13. The molecule has 2 nitrogen and oxygen atoms in total. The predicted octanol–water partition coefficient (Wildman–Crippen LogP) is 4.93. The van der Waals surface area contributed by atoms with Gasteiger partial charge in [0.1, 0.15) is 12.4 Å². The van der Waals surface area contributed by atoms with Crippen LogP contribution in [0.15, 0.2) is 36.4 Å². The van der Waals surface area contributed by atoms with Crippen LogP contribution < -0.4 is 10.5 Å². The molecule has 0 bridgehead atoms. The summed E-state index contributed by atoms with van der Waals surface area (Å²) in [4.78, 5) is 0. The molecular formula is C17H20ClNO. The Kier molecular flexibility index (Phi) is 4.56. The van der Waals surface area contributed by atoms with Crippen LogP contribution >= 0.6 is 11.6 Å². The minimum absolute atomic E-state index is 0.490. The van der Waals surface area contributed by atoms with Crippen molar-refractivity contribution in [3.63, 3.8) is 0 Å². The molecule has 0 aliphatic rings. The highest BCUT2D eigenvalue weighted by atomic mass is 35.5. The third kappa shape index (κ3) is 3.45. The Hall–Kier alpha value is -1.67. The van der Waals surface area contributed by atoms with Crippen molar-refractivity contribution in [2.45, 2.75) is 33.3 Å². The van der Waals surface area contributed by atoms with E-state index in [1.54, 1.807) is 6.07 Å². The van der Waals surface area contributed by atoms with Crippen LogP contribution in [-0.2, 0) is 6.61 Å². The number of hydrogen-bond donors (Lipinski definition) is 1. The summed E-state index contributed by atoms with van der Waals surface area (Å²) in [6, 6.07) is 11.9.